The zero-order chi connectivity index (χ0) is 19.6. The van der Waals surface area contributed by atoms with E-state index in [0.29, 0.717) is 12.4 Å². The van der Waals surface area contributed by atoms with Gasteiger partial charge in [-0.3, -0.25) is 0 Å². The summed E-state index contributed by atoms with van der Waals surface area (Å²) in [5.41, 5.74) is 2.37. The van der Waals surface area contributed by atoms with Crippen molar-refractivity contribution in [1.82, 2.24) is 0 Å². The number of carbonyl (C=O) groups excluding carboxylic acids is 1. The van der Waals surface area contributed by atoms with E-state index in [-0.39, 0.29) is 12.5 Å². The van der Waals surface area contributed by atoms with Gasteiger partial charge in [-0.1, -0.05) is 37.8 Å². The molecule has 0 radical (unpaired) electrons. The summed E-state index contributed by atoms with van der Waals surface area (Å²) in [6.45, 7) is 7.54. The molecule has 27 heavy (non-hydrogen) atoms. The Morgan fingerprint density at radius 3 is 2.07 bits per heavy atom. The van der Waals surface area contributed by atoms with Gasteiger partial charge in [0.15, 0.2) is 6.29 Å². The Morgan fingerprint density at radius 1 is 1.04 bits per heavy atom. The summed E-state index contributed by atoms with van der Waals surface area (Å²) in [6.07, 6.45) is 1.25. The molecule has 2 aromatic rings. The lowest BCUT2D eigenvalue weighted by Crippen LogP contribution is -2.10. The predicted molar refractivity (Wildman–Crippen MR) is 104 cm³/mol. The first-order valence-electron chi connectivity index (χ1n) is 9.00. The highest BCUT2D eigenvalue weighted by Gasteiger charge is 2.13. The smallest absolute Gasteiger partial charge is 0.330 e. The van der Waals surface area contributed by atoms with Crippen molar-refractivity contribution in [1.29, 1.82) is 0 Å². The summed E-state index contributed by atoms with van der Waals surface area (Å²) in [4.78, 5) is 11.0. The minimum absolute atomic E-state index is 0.186. The number of carbonyl (C=O) groups is 1. The van der Waals surface area contributed by atoms with Crippen molar-refractivity contribution in [3.8, 4) is 11.5 Å². The van der Waals surface area contributed by atoms with Gasteiger partial charge in [0.2, 0.25) is 0 Å². The average Bonchev–Trinajstić information content (AvgIpc) is 2.67. The van der Waals surface area contributed by atoms with Crippen LogP contribution in [0.1, 0.15) is 37.3 Å². The van der Waals surface area contributed by atoms with Crippen molar-refractivity contribution in [3.63, 3.8) is 0 Å². The van der Waals surface area contributed by atoms with Crippen molar-refractivity contribution >= 4 is 5.97 Å². The van der Waals surface area contributed by atoms with Crippen LogP contribution in [0.5, 0.6) is 11.5 Å². The number of hydrogen-bond donors (Lipinski definition) is 1. The molecule has 0 spiro atoms. The van der Waals surface area contributed by atoms with Crippen LogP contribution in [0.2, 0.25) is 0 Å². The fourth-order valence-corrected chi connectivity index (χ4v) is 2.80. The third-order valence-corrected chi connectivity index (χ3v) is 4.04. The summed E-state index contributed by atoms with van der Waals surface area (Å²) < 4.78 is 15.7. The van der Waals surface area contributed by atoms with Gasteiger partial charge in [0.1, 0.15) is 24.7 Å². The molecule has 1 N–H and O–H groups in total. The number of esters is 1. The predicted octanol–water partition coefficient (Wildman–Crippen LogP) is 4.05. The zero-order valence-corrected chi connectivity index (χ0v) is 15.8. The third kappa shape index (κ3) is 6.46. The van der Waals surface area contributed by atoms with Crippen molar-refractivity contribution in [3.05, 3.63) is 72.3 Å². The Bertz CT molecular complexity index is 719. The molecular formula is C22H26O5. The van der Waals surface area contributed by atoms with Crippen LogP contribution in [0.15, 0.2) is 61.2 Å². The minimum atomic E-state index is -0.828. The fraction of sp³-hybridized carbons (Fsp3) is 0.318. The molecule has 5 heteroatoms. The lowest BCUT2D eigenvalue weighted by molar-refractivity contribution is -0.138. The molecule has 2 aromatic carbocycles. The van der Waals surface area contributed by atoms with Crippen molar-refractivity contribution in [2.45, 2.75) is 32.5 Å². The van der Waals surface area contributed by atoms with Crippen LogP contribution >= 0.6 is 0 Å². The Morgan fingerprint density at radius 2 is 1.59 bits per heavy atom. The first kappa shape index (κ1) is 20.5. The van der Waals surface area contributed by atoms with Crippen molar-refractivity contribution in [2.24, 2.45) is 0 Å². The number of aliphatic hydroxyl groups is 1. The molecule has 0 saturated carbocycles. The first-order chi connectivity index (χ1) is 13.0. The maximum Gasteiger partial charge on any atom is 0.330 e. The van der Waals surface area contributed by atoms with Gasteiger partial charge in [0.05, 0.1) is 0 Å². The molecule has 5 nitrogen and oxygen atoms in total. The number of ether oxygens (including phenoxy) is 3. The van der Waals surface area contributed by atoms with Gasteiger partial charge in [-0.2, -0.15) is 0 Å². The van der Waals surface area contributed by atoms with E-state index in [9.17, 15) is 9.90 Å². The molecule has 0 aromatic heterocycles. The van der Waals surface area contributed by atoms with Crippen LogP contribution in [0.25, 0.3) is 0 Å². The molecule has 2 rings (SSSR count). The van der Waals surface area contributed by atoms with E-state index < -0.39 is 12.3 Å². The molecular weight excluding hydrogens is 344 g/mol. The molecule has 2 unspecified atom stereocenters. The van der Waals surface area contributed by atoms with Gasteiger partial charge >= 0.3 is 5.97 Å². The number of hydrogen-bond acceptors (Lipinski definition) is 5. The van der Waals surface area contributed by atoms with Crippen LogP contribution < -0.4 is 9.47 Å². The van der Waals surface area contributed by atoms with Gasteiger partial charge in [0.25, 0.3) is 0 Å². The minimum Gasteiger partial charge on any atom is -0.490 e. The molecule has 0 aliphatic carbocycles. The summed E-state index contributed by atoms with van der Waals surface area (Å²) in [6, 6.07) is 15.7. The highest BCUT2D eigenvalue weighted by molar-refractivity contribution is 5.81. The van der Waals surface area contributed by atoms with Crippen LogP contribution in [-0.2, 0) is 9.53 Å². The number of benzene rings is 2. The zero-order valence-electron chi connectivity index (χ0n) is 15.8. The maximum absolute atomic E-state index is 11.0. The normalized spacial score (nSPS) is 12.7. The quantitative estimate of drug-likeness (QED) is 0.296. The van der Waals surface area contributed by atoms with Gasteiger partial charge in [0, 0.05) is 12.0 Å². The first-order valence-corrected chi connectivity index (χ1v) is 9.00. The molecule has 0 fully saturated rings. The Labute approximate surface area is 160 Å². The highest BCUT2D eigenvalue weighted by Crippen LogP contribution is 2.30. The lowest BCUT2D eigenvalue weighted by Gasteiger charge is -2.17. The van der Waals surface area contributed by atoms with Gasteiger partial charge in [-0.25, -0.2) is 4.79 Å². The van der Waals surface area contributed by atoms with Gasteiger partial charge in [-0.05, 0) is 48.7 Å². The van der Waals surface area contributed by atoms with Gasteiger partial charge in [-0.15, -0.1) is 0 Å². The monoisotopic (exact) mass is 370 g/mol. The molecule has 0 amide bonds. The molecule has 0 aliphatic heterocycles. The van der Waals surface area contributed by atoms with E-state index in [4.69, 9.17) is 14.2 Å². The van der Waals surface area contributed by atoms with Crippen LogP contribution in [0.3, 0.4) is 0 Å². The number of rotatable bonds is 10. The Hall–Kier alpha value is -2.79. The van der Waals surface area contributed by atoms with Crippen LogP contribution in [-0.4, -0.2) is 30.6 Å². The topological polar surface area (TPSA) is 65.0 Å². The van der Waals surface area contributed by atoms with E-state index in [1.807, 2.05) is 48.5 Å². The highest BCUT2D eigenvalue weighted by atomic mass is 16.6. The molecule has 0 aliphatic rings. The lowest BCUT2D eigenvalue weighted by atomic mass is 9.89. The average molecular weight is 370 g/mol. The van der Waals surface area contributed by atoms with E-state index in [1.165, 1.54) is 11.1 Å². The Balaban J connectivity index is 1.96. The van der Waals surface area contributed by atoms with E-state index in [2.05, 4.69) is 13.5 Å². The molecule has 0 saturated heterocycles. The second kappa shape index (κ2) is 10.4. The Kier molecular flexibility index (Phi) is 7.89. The number of aliphatic hydroxyl groups excluding tert-OH is 1. The molecule has 2 atom stereocenters. The summed E-state index contributed by atoms with van der Waals surface area (Å²) in [5.74, 6) is 1.17. The van der Waals surface area contributed by atoms with E-state index in [1.54, 1.807) is 6.92 Å². The summed E-state index contributed by atoms with van der Waals surface area (Å²) >= 11 is 0. The van der Waals surface area contributed by atoms with Gasteiger partial charge < -0.3 is 19.3 Å². The second-order valence-corrected chi connectivity index (χ2v) is 6.04. The molecule has 144 valence electrons. The van der Waals surface area contributed by atoms with Crippen molar-refractivity contribution < 1.29 is 24.1 Å². The third-order valence-electron chi connectivity index (χ3n) is 4.04. The molecule has 0 heterocycles. The second-order valence-electron chi connectivity index (χ2n) is 6.04. The maximum atomic E-state index is 11.0. The largest absolute Gasteiger partial charge is 0.490 e. The van der Waals surface area contributed by atoms with Crippen LogP contribution in [0, 0.1) is 0 Å². The van der Waals surface area contributed by atoms with E-state index in [0.717, 1.165) is 18.2 Å². The fourth-order valence-electron chi connectivity index (χ4n) is 2.80. The molecule has 0 bridgehead atoms. The summed E-state index contributed by atoms with van der Waals surface area (Å²) in [7, 11) is 0. The summed E-state index contributed by atoms with van der Waals surface area (Å²) in [5, 5.41) is 9.29. The standard InChI is InChI=1S/C22H26O5/c1-4-21(18-8-12-20(13-9-18)27-16(3)23)17-6-10-19(11-7-17)25-14-15-26-22(24)5-2/h5-13,16,21,23H,2,4,14-15H2,1,3H3. The SMILES string of the molecule is C=CC(=O)OCCOc1ccc(C(CC)c2ccc(OC(C)O)cc2)cc1. The van der Waals surface area contributed by atoms with Crippen molar-refractivity contribution in [2.75, 3.05) is 13.2 Å². The van der Waals surface area contributed by atoms with E-state index >= 15 is 0 Å². The van der Waals surface area contributed by atoms with Crippen LogP contribution in [0.4, 0.5) is 0 Å².